The van der Waals surface area contributed by atoms with E-state index in [4.69, 9.17) is 4.74 Å². The molecule has 1 N–H and O–H groups in total. The highest BCUT2D eigenvalue weighted by Gasteiger charge is 2.39. The number of amides is 1. The van der Waals surface area contributed by atoms with E-state index in [1.165, 1.54) is 7.11 Å². The summed E-state index contributed by atoms with van der Waals surface area (Å²) in [7, 11) is -0.0150. The van der Waals surface area contributed by atoms with Gasteiger partial charge >= 0.3 is 5.97 Å². The highest BCUT2D eigenvalue weighted by molar-refractivity contribution is 7.85. The SMILES string of the molecule is COC(=O)[C@@H](CC[S@@](=O)c1ccccc1)NC(=O)CC(c1ccccc1)(c1ccccc1)c1ccccc1. The number of esters is 1. The lowest BCUT2D eigenvalue weighted by molar-refractivity contribution is -0.145. The minimum atomic E-state index is -1.30. The molecule has 6 heteroatoms. The first-order chi connectivity index (χ1) is 18.5. The predicted molar refractivity (Wildman–Crippen MR) is 150 cm³/mol. The lowest BCUT2D eigenvalue weighted by Gasteiger charge is -2.36. The molecule has 0 aliphatic carbocycles. The molecule has 5 nitrogen and oxygen atoms in total. The summed E-state index contributed by atoms with van der Waals surface area (Å²) >= 11 is 0. The normalized spacial score (nSPS) is 12.8. The maximum absolute atomic E-state index is 13.7. The van der Waals surface area contributed by atoms with Crippen molar-refractivity contribution >= 4 is 22.7 Å². The van der Waals surface area contributed by atoms with Gasteiger partial charge in [0.1, 0.15) is 6.04 Å². The zero-order chi connectivity index (χ0) is 26.8. The fourth-order valence-corrected chi connectivity index (χ4v) is 5.91. The molecule has 4 rings (SSSR count). The Bertz CT molecular complexity index is 1250. The van der Waals surface area contributed by atoms with Gasteiger partial charge in [0.25, 0.3) is 0 Å². The van der Waals surface area contributed by atoms with Gasteiger partial charge in [-0.2, -0.15) is 0 Å². The number of methoxy groups -OCH3 is 1. The zero-order valence-electron chi connectivity index (χ0n) is 21.3. The van der Waals surface area contributed by atoms with Crippen molar-refractivity contribution in [2.24, 2.45) is 0 Å². The van der Waals surface area contributed by atoms with Gasteiger partial charge in [-0.05, 0) is 35.2 Å². The van der Waals surface area contributed by atoms with Crippen LogP contribution in [0.25, 0.3) is 0 Å². The Balaban J connectivity index is 1.65. The van der Waals surface area contributed by atoms with Crippen molar-refractivity contribution in [2.45, 2.75) is 29.2 Å². The van der Waals surface area contributed by atoms with Crippen LogP contribution in [-0.4, -0.2) is 35.0 Å². The van der Waals surface area contributed by atoms with Crippen LogP contribution in [0.15, 0.2) is 126 Å². The van der Waals surface area contributed by atoms with Crippen LogP contribution < -0.4 is 5.32 Å². The van der Waals surface area contributed by atoms with Crippen LogP contribution in [0.5, 0.6) is 0 Å². The van der Waals surface area contributed by atoms with Crippen LogP contribution >= 0.6 is 0 Å². The van der Waals surface area contributed by atoms with E-state index in [1.807, 2.05) is 109 Å². The predicted octanol–water partition coefficient (Wildman–Crippen LogP) is 5.27. The van der Waals surface area contributed by atoms with E-state index in [0.717, 1.165) is 16.7 Å². The van der Waals surface area contributed by atoms with Crippen molar-refractivity contribution in [1.29, 1.82) is 0 Å². The summed E-state index contributed by atoms with van der Waals surface area (Å²) in [5, 5.41) is 2.89. The third-order valence-corrected chi connectivity index (χ3v) is 8.05. The minimum Gasteiger partial charge on any atom is -0.467 e. The first-order valence-electron chi connectivity index (χ1n) is 12.5. The Kier molecular flexibility index (Phi) is 9.22. The highest BCUT2D eigenvalue weighted by Crippen LogP contribution is 2.42. The van der Waals surface area contributed by atoms with Crippen molar-refractivity contribution in [3.63, 3.8) is 0 Å². The van der Waals surface area contributed by atoms with Crippen molar-refractivity contribution in [2.75, 3.05) is 12.9 Å². The van der Waals surface area contributed by atoms with E-state index in [0.29, 0.717) is 4.90 Å². The topological polar surface area (TPSA) is 72.5 Å². The zero-order valence-corrected chi connectivity index (χ0v) is 22.1. The molecule has 4 aromatic rings. The van der Waals surface area contributed by atoms with Gasteiger partial charge in [0.2, 0.25) is 5.91 Å². The van der Waals surface area contributed by atoms with E-state index in [-0.39, 0.29) is 24.5 Å². The third-order valence-electron chi connectivity index (χ3n) is 6.64. The largest absolute Gasteiger partial charge is 0.467 e. The van der Waals surface area contributed by atoms with Crippen molar-refractivity contribution in [1.82, 2.24) is 5.32 Å². The Morgan fingerprint density at radius 3 is 1.58 bits per heavy atom. The first kappa shape index (κ1) is 27.0. The van der Waals surface area contributed by atoms with Crippen LogP contribution in [0, 0.1) is 0 Å². The lowest BCUT2D eigenvalue weighted by atomic mass is 9.67. The number of hydrogen-bond acceptors (Lipinski definition) is 4. The van der Waals surface area contributed by atoms with Crippen molar-refractivity contribution in [3.05, 3.63) is 138 Å². The van der Waals surface area contributed by atoms with Gasteiger partial charge in [0, 0.05) is 17.1 Å². The number of hydrogen-bond donors (Lipinski definition) is 1. The lowest BCUT2D eigenvalue weighted by Crippen LogP contribution is -2.45. The molecule has 0 aliphatic heterocycles. The number of rotatable bonds is 11. The molecule has 0 radical (unpaired) electrons. The minimum absolute atomic E-state index is 0.0698. The van der Waals surface area contributed by atoms with Crippen LogP contribution in [-0.2, 0) is 30.5 Å². The molecular formula is C32H31NO4S. The fourth-order valence-electron chi connectivity index (χ4n) is 4.77. The standard InChI is InChI=1S/C32H31NO4S/c1-37-31(35)29(22-23-38(36)28-20-12-5-13-21-28)33-30(34)24-32(25-14-6-2-7-15-25,26-16-8-3-9-17-26)27-18-10-4-11-19-27/h2-21,29H,22-24H2,1H3,(H,33,34)/t29-,38-/m1/s1. The van der Waals surface area contributed by atoms with Crippen molar-refractivity contribution < 1.29 is 18.5 Å². The number of carbonyl (C=O) groups excluding carboxylic acids is 2. The van der Waals surface area contributed by atoms with E-state index in [2.05, 4.69) is 5.32 Å². The van der Waals surface area contributed by atoms with Gasteiger partial charge in [0.05, 0.1) is 23.3 Å². The second-order valence-electron chi connectivity index (χ2n) is 8.97. The molecule has 0 aliphatic rings. The summed E-state index contributed by atoms with van der Waals surface area (Å²) in [5.74, 6) is -0.652. The summed E-state index contributed by atoms with van der Waals surface area (Å²) in [5.41, 5.74) is 2.11. The van der Waals surface area contributed by atoms with Gasteiger partial charge in [0.15, 0.2) is 0 Å². The average Bonchev–Trinajstić information content (AvgIpc) is 2.99. The monoisotopic (exact) mass is 525 g/mol. The molecule has 194 valence electrons. The first-order valence-corrected chi connectivity index (χ1v) is 13.8. The highest BCUT2D eigenvalue weighted by atomic mass is 32.2. The van der Waals surface area contributed by atoms with Crippen molar-refractivity contribution in [3.8, 4) is 0 Å². The Labute approximate surface area is 226 Å². The molecule has 4 aromatic carbocycles. The number of carbonyl (C=O) groups is 2. The van der Waals surface area contributed by atoms with Crippen LogP contribution in [0.1, 0.15) is 29.5 Å². The number of nitrogens with one attached hydrogen (secondary N) is 1. The summed E-state index contributed by atoms with van der Waals surface area (Å²) in [6.07, 6.45) is 0.259. The van der Waals surface area contributed by atoms with Gasteiger partial charge in [-0.1, -0.05) is 109 Å². The van der Waals surface area contributed by atoms with E-state index >= 15 is 0 Å². The Hall–Kier alpha value is -4.03. The smallest absolute Gasteiger partial charge is 0.328 e. The third kappa shape index (κ3) is 6.26. The molecule has 0 fully saturated rings. The molecule has 0 unspecified atom stereocenters. The van der Waals surface area contributed by atoms with Gasteiger partial charge in [-0.3, -0.25) is 9.00 Å². The Morgan fingerprint density at radius 2 is 1.16 bits per heavy atom. The van der Waals surface area contributed by atoms with Crippen LogP contribution in [0.3, 0.4) is 0 Å². The summed E-state index contributed by atoms with van der Waals surface area (Å²) < 4.78 is 17.8. The molecule has 0 aromatic heterocycles. The van der Waals surface area contributed by atoms with Gasteiger partial charge < -0.3 is 10.1 Å². The molecule has 38 heavy (non-hydrogen) atoms. The molecule has 0 saturated carbocycles. The summed E-state index contributed by atoms with van der Waals surface area (Å²) in [6.45, 7) is 0. The molecule has 0 saturated heterocycles. The van der Waals surface area contributed by atoms with Crippen LogP contribution in [0.2, 0.25) is 0 Å². The second-order valence-corrected chi connectivity index (χ2v) is 10.5. The molecule has 0 bridgehead atoms. The van der Waals surface area contributed by atoms with Crippen LogP contribution in [0.4, 0.5) is 0 Å². The Morgan fingerprint density at radius 1 is 0.737 bits per heavy atom. The molecule has 2 atom stereocenters. The molecule has 0 spiro atoms. The maximum Gasteiger partial charge on any atom is 0.328 e. The summed E-state index contributed by atoms with van der Waals surface area (Å²) in [4.78, 5) is 27.0. The average molecular weight is 526 g/mol. The van der Waals surface area contributed by atoms with Gasteiger partial charge in [-0.25, -0.2) is 4.79 Å². The number of ether oxygens (including phenoxy) is 1. The van der Waals surface area contributed by atoms with E-state index in [9.17, 15) is 13.8 Å². The second kappa shape index (κ2) is 13.0. The van der Waals surface area contributed by atoms with E-state index < -0.39 is 28.2 Å². The fraction of sp³-hybridized carbons (Fsp3) is 0.188. The van der Waals surface area contributed by atoms with E-state index in [1.54, 1.807) is 12.1 Å². The molecule has 1 amide bonds. The maximum atomic E-state index is 13.7. The molecular weight excluding hydrogens is 494 g/mol. The summed E-state index contributed by atoms with van der Waals surface area (Å²) in [6, 6.07) is 37.9. The number of benzene rings is 4. The van der Waals surface area contributed by atoms with Gasteiger partial charge in [-0.15, -0.1) is 0 Å². The quantitative estimate of drug-likeness (QED) is 0.214. The molecule has 0 heterocycles.